The lowest BCUT2D eigenvalue weighted by molar-refractivity contribution is 0.140. The highest BCUT2D eigenvalue weighted by atomic mass is 127. The number of fused-ring (bicyclic) bond motifs is 1. The quantitative estimate of drug-likeness (QED) is 0.177. The third-order valence-corrected chi connectivity index (χ3v) is 8.54. The summed E-state index contributed by atoms with van der Waals surface area (Å²) in [7, 11) is 0.454. The van der Waals surface area contributed by atoms with Crippen LogP contribution in [0.25, 0.3) is 11.2 Å². The van der Waals surface area contributed by atoms with Crippen molar-refractivity contribution in [2.45, 2.75) is 27.2 Å². The van der Waals surface area contributed by atoms with Crippen LogP contribution in [-0.4, -0.2) is 41.8 Å². The highest BCUT2D eigenvalue weighted by Crippen LogP contribution is 2.39. The maximum atomic E-state index is 13.8. The molecule has 190 valence electrons. The summed E-state index contributed by atoms with van der Waals surface area (Å²) in [5.41, 5.74) is 4.97. The lowest BCUT2D eigenvalue weighted by Gasteiger charge is -2.21. The molecule has 2 atom stereocenters. The van der Waals surface area contributed by atoms with Gasteiger partial charge in [-0.15, -0.1) is 0 Å². The first kappa shape index (κ1) is 26.6. The van der Waals surface area contributed by atoms with Gasteiger partial charge in [-0.25, -0.2) is 27.9 Å². The predicted octanol–water partition coefficient (Wildman–Crippen LogP) is 6.09. The molecule has 0 bridgehead atoms. The summed E-state index contributed by atoms with van der Waals surface area (Å²) in [4.78, 5) is 17.6. The molecule has 4 aromatic rings. The molecule has 0 amide bonds. The van der Waals surface area contributed by atoms with E-state index in [4.69, 9.17) is 0 Å². The van der Waals surface area contributed by atoms with Gasteiger partial charge < -0.3 is 10.6 Å². The smallest absolute Gasteiger partial charge is 0.295 e. The first-order valence-electron chi connectivity index (χ1n) is 10.7. The zero-order valence-electron chi connectivity index (χ0n) is 20.1. The van der Waals surface area contributed by atoms with Gasteiger partial charge in [0.2, 0.25) is 0 Å². The second-order valence-corrected chi connectivity index (χ2v) is 11.5. The number of anilines is 5. The number of aryl methyl sites for hydroxylation is 3. The topological polar surface area (TPSA) is 101 Å². The molecule has 1 aromatic carbocycles. The van der Waals surface area contributed by atoms with Gasteiger partial charge in [0.15, 0.2) is 11.5 Å². The Morgan fingerprint density at radius 2 is 1.81 bits per heavy atom. The average molecular weight is 644 g/mol. The molecule has 0 spiro atoms. The number of pyridine rings is 1. The molecule has 0 aliphatic heterocycles. The van der Waals surface area contributed by atoms with Gasteiger partial charge in [-0.1, -0.05) is 6.07 Å². The second-order valence-electron chi connectivity index (χ2n) is 8.04. The van der Waals surface area contributed by atoms with Crippen molar-refractivity contribution in [3.05, 3.63) is 53.2 Å². The number of imidazole rings is 1. The van der Waals surface area contributed by atoms with Crippen LogP contribution in [-0.2, 0) is 11.0 Å². The van der Waals surface area contributed by atoms with Crippen LogP contribution in [0, 0.1) is 20.8 Å². The molecule has 4 rings (SSSR count). The Kier molecular flexibility index (Phi) is 8.00. The zero-order valence-corrected chi connectivity index (χ0v) is 24.1. The molecule has 36 heavy (non-hydrogen) atoms. The number of halogens is 3. The molecule has 0 radical (unpaired) electrons. The number of hydrogen-bond acceptors (Lipinski definition) is 7. The monoisotopic (exact) mass is 644 g/mol. The molecule has 3 heterocycles. The number of nitrogens with zero attached hydrogens (tertiary/aromatic N) is 6. The van der Waals surface area contributed by atoms with E-state index in [1.54, 1.807) is 29.9 Å². The van der Waals surface area contributed by atoms with E-state index in [1.165, 1.54) is 4.34 Å². The molecule has 2 unspecified atom stereocenters. The minimum Gasteiger partial charge on any atom is -0.352 e. The van der Waals surface area contributed by atoms with Crippen LogP contribution in [0.15, 0.2) is 30.5 Å². The molecule has 0 aliphatic carbocycles. The normalized spacial score (nSPS) is 12.6. The van der Waals surface area contributed by atoms with Crippen LogP contribution in [0.1, 0.15) is 29.2 Å². The van der Waals surface area contributed by atoms with E-state index < -0.39 is 17.4 Å². The SMILES string of the molecule is Cc1ccc(Nc2cc(Nc3cnc(C)c(C)n3)nc3c2nc(C(F)F)n3PI)c(N(C)S(C)=O)c1. The van der Waals surface area contributed by atoms with Crippen molar-refractivity contribution in [3.8, 4) is 0 Å². The number of nitrogens with one attached hydrogen (secondary N) is 2. The fourth-order valence-electron chi connectivity index (χ4n) is 3.48. The van der Waals surface area contributed by atoms with E-state index in [0.29, 0.717) is 39.9 Å². The van der Waals surface area contributed by atoms with Crippen molar-refractivity contribution in [2.24, 2.45) is 0 Å². The van der Waals surface area contributed by atoms with E-state index in [1.807, 2.05) is 61.0 Å². The molecule has 9 nitrogen and oxygen atoms in total. The summed E-state index contributed by atoms with van der Waals surface area (Å²) in [5.74, 6) is 0.512. The van der Waals surface area contributed by atoms with Crippen molar-refractivity contribution in [2.75, 3.05) is 28.2 Å². The Labute approximate surface area is 224 Å². The summed E-state index contributed by atoms with van der Waals surface area (Å²) in [6, 6.07) is 7.36. The fourth-order valence-corrected chi connectivity index (χ4v) is 5.80. The summed E-state index contributed by atoms with van der Waals surface area (Å²) in [6.45, 7) is 5.66. The Hall–Kier alpha value is -2.51. The third-order valence-electron chi connectivity index (χ3n) is 5.52. The molecule has 14 heteroatoms. The van der Waals surface area contributed by atoms with Crippen LogP contribution in [0.2, 0.25) is 0 Å². The minimum atomic E-state index is -2.76. The summed E-state index contributed by atoms with van der Waals surface area (Å²) in [6.07, 6.45) is 0.374. The molecule has 0 fully saturated rings. The molecule has 0 saturated heterocycles. The Balaban J connectivity index is 1.88. The number of alkyl halides is 2. The van der Waals surface area contributed by atoms with E-state index in [-0.39, 0.29) is 12.2 Å². The van der Waals surface area contributed by atoms with Gasteiger partial charge in [-0.3, -0.25) is 13.6 Å². The lowest BCUT2D eigenvalue weighted by Crippen LogP contribution is -2.20. The van der Waals surface area contributed by atoms with Crippen LogP contribution < -0.4 is 14.9 Å². The van der Waals surface area contributed by atoms with Gasteiger partial charge >= 0.3 is 0 Å². The van der Waals surface area contributed by atoms with Crippen LogP contribution in [0.4, 0.5) is 37.5 Å². The number of rotatable bonds is 8. The molecular formula is C22H24F2IN8OPS. The summed E-state index contributed by atoms with van der Waals surface area (Å²) >= 11 is 2.03. The van der Waals surface area contributed by atoms with Crippen molar-refractivity contribution < 1.29 is 13.0 Å². The molecule has 2 N–H and O–H groups in total. The van der Waals surface area contributed by atoms with E-state index in [9.17, 15) is 13.0 Å². The maximum Gasteiger partial charge on any atom is 0.295 e. The van der Waals surface area contributed by atoms with Crippen molar-refractivity contribution >= 4 is 79.3 Å². The fraction of sp³-hybridized carbons (Fsp3) is 0.273. The van der Waals surface area contributed by atoms with Crippen molar-refractivity contribution in [1.29, 1.82) is 0 Å². The van der Waals surface area contributed by atoms with Gasteiger partial charge in [0.1, 0.15) is 28.1 Å². The third kappa shape index (κ3) is 5.42. The van der Waals surface area contributed by atoms with Gasteiger partial charge in [-0.05, 0) is 60.5 Å². The van der Waals surface area contributed by atoms with Crippen molar-refractivity contribution in [1.82, 2.24) is 24.3 Å². The first-order valence-corrected chi connectivity index (χ1v) is 16.3. The zero-order chi connectivity index (χ0) is 26.1. The first-order chi connectivity index (χ1) is 17.1. The van der Waals surface area contributed by atoms with Crippen LogP contribution >= 0.6 is 28.4 Å². The van der Waals surface area contributed by atoms with Crippen molar-refractivity contribution in [3.63, 3.8) is 0 Å². The highest BCUT2D eigenvalue weighted by Gasteiger charge is 2.23. The summed E-state index contributed by atoms with van der Waals surface area (Å²) < 4.78 is 42.9. The maximum absolute atomic E-state index is 13.8. The van der Waals surface area contributed by atoms with E-state index >= 15 is 0 Å². The number of aromatic nitrogens is 5. The lowest BCUT2D eigenvalue weighted by atomic mass is 10.2. The van der Waals surface area contributed by atoms with Gasteiger partial charge in [-0.2, -0.15) is 0 Å². The minimum absolute atomic E-state index is 0.0370. The predicted molar refractivity (Wildman–Crippen MR) is 152 cm³/mol. The van der Waals surface area contributed by atoms with Crippen LogP contribution in [0.5, 0.6) is 0 Å². The molecular weight excluding hydrogens is 620 g/mol. The molecule has 3 aromatic heterocycles. The Bertz CT molecular complexity index is 1470. The number of hydrogen-bond donors (Lipinski definition) is 2. The molecule has 0 aliphatic rings. The molecule has 0 saturated carbocycles. The Morgan fingerprint density at radius 1 is 1.06 bits per heavy atom. The second kappa shape index (κ2) is 10.9. The number of benzene rings is 1. The van der Waals surface area contributed by atoms with E-state index in [2.05, 4.69) is 30.6 Å². The Morgan fingerprint density at radius 3 is 2.44 bits per heavy atom. The summed E-state index contributed by atoms with van der Waals surface area (Å²) in [5, 5.41) is 6.45. The average Bonchev–Trinajstić information content (AvgIpc) is 3.21. The van der Waals surface area contributed by atoms with Crippen LogP contribution in [0.3, 0.4) is 0 Å². The standard InChI is InChI=1S/C22H24F2IN8OPS/c1-11-6-7-14(16(8-11)32(4)36(5)34)28-15-9-17(29-18-10-26-12(2)13(3)27-18)30-21-19(15)31-22(20(23)24)33(21)35-25/h6-10,20,35H,1-5H3,(H2,27,28,29,30). The highest BCUT2D eigenvalue weighted by molar-refractivity contribution is 14.2. The van der Waals surface area contributed by atoms with Gasteiger partial charge in [0.05, 0.1) is 41.0 Å². The van der Waals surface area contributed by atoms with Gasteiger partial charge in [0, 0.05) is 19.4 Å². The van der Waals surface area contributed by atoms with E-state index in [0.717, 1.165) is 17.0 Å². The largest absolute Gasteiger partial charge is 0.352 e. The van der Waals surface area contributed by atoms with Gasteiger partial charge in [0.25, 0.3) is 6.43 Å².